The Balaban J connectivity index is 4.36. The molecule has 6 heteroatoms. The Kier molecular flexibility index (Phi) is 54.2. The second kappa shape index (κ2) is 56.2. The van der Waals surface area contributed by atoms with Crippen LogP contribution in [0.15, 0.2) is 36.5 Å². The van der Waals surface area contributed by atoms with Crippen LogP contribution in [0.3, 0.4) is 0 Å². The van der Waals surface area contributed by atoms with E-state index in [1.807, 2.05) is 0 Å². The Hall–Kier alpha value is -2.37. The second-order valence-electron chi connectivity index (χ2n) is 19.9. The zero-order valence-electron chi connectivity index (χ0n) is 44.9. The Labute approximate surface area is 416 Å². The SMILES string of the molecule is CCCCC/C=C\C/C=C\CCCCCCCC(=O)OC[C@H](COC(=O)CCCCCCCCCCCCCCCCCCC)OC(=O)CCCCCCCCC/C=C\CCCCCCCC. The average molecular weight is 942 g/mol. The third-order valence-corrected chi connectivity index (χ3v) is 13.1. The number of ether oxygens (including phenoxy) is 3. The minimum absolute atomic E-state index is 0.0747. The number of rotatable bonds is 54. The zero-order valence-corrected chi connectivity index (χ0v) is 44.9. The highest BCUT2D eigenvalue weighted by Crippen LogP contribution is 2.16. The van der Waals surface area contributed by atoms with Crippen LogP contribution in [-0.2, 0) is 28.6 Å². The fraction of sp³-hybridized carbons (Fsp3) is 0.852. The first-order valence-corrected chi connectivity index (χ1v) is 29.5. The summed E-state index contributed by atoms with van der Waals surface area (Å²) < 4.78 is 16.9. The van der Waals surface area contributed by atoms with Gasteiger partial charge in [0.1, 0.15) is 13.2 Å². The van der Waals surface area contributed by atoms with Crippen molar-refractivity contribution < 1.29 is 28.6 Å². The van der Waals surface area contributed by atoms with Crippen molar-refractivity contribution in [1.29, 1.82) is 0 Å². The lowest BCUT2D eigenvalue weighted by Crippen LogP contribution is -2.30. The van der Waals surface area contributed by atoms with E-state index >= 15 is 0 Å². The lowest BCUT2D eigenvalue weighted by Gasteiger charge is -2.18. The molecule has 0 bridgehead atoms. The average Bonchev–Trinajstić information content (AvgIpc) is 3.33. The maximum atomic E-state index is 12.9. The van der Waals surface area contributed by atoms with E-state index in [9.17, 15) is 14.4 Å². The second-order valence-corrected chi connectivity index (χ2v) is 19.9. The standard InChI is InChI=1S/C61H112O6/c1-4-7-10-13-16-19-22-25-28-30-33-36-39-42-45-48-51-54-60(63)66-57-58(56-65-59(62)53-50-47-44-41-38-35-32-27-24-21-18-15-12-9-6-3)67-61(64)55-52-49-46-43-40-37-34-31-29-26-23-20-17-14-11-8-5-2/h18,21,26-27,29,32,58H,4-17,19-20,22-25,28,30-31,33-57H2,1-3H3/b21-18-,29-26-,32-27-/t58-/m1/s1. The van der Waals surface area contributed by atoms with Gasteiger partial charge in [0.05, 0.1) is 0 Å². The van der Waals surface area contributed by atoms with Crippen LogP contribution in [0.5, 0.6) is 0 Å². The van der Waals surface area contributed by atoms with Crippen molar-refractivity contribution in [2.24, 2.45) is 0 Å². The summed E-state index contributed by atoms with van der Waals surface area (Å²) in [6.45, 7) is 6.64. The van der Waals surface area contributed by atoms with Crippen molar-refractivity contribution in [1.82, 2.24) is 0 Å². The van der Waals surface area contributed by atoms with Gasteiger partial charge in [-0.3, -0.25) is 14.4 Å². The minimum Gasteiger partial charge on any atom is -0.462 e. The predicted octanol–water partition coefficient (Wildman–Crippen LogP) is 19.7. The summed E-state index contributed by atoms with van der Waals surface area (Å²) in [5.74, 6) is -0.875. The van der Waals surface area contributed by atoms with Crippen molar-refractivity contribution in [2.75, 3.05) is 13.2 Å². The molecule has 0 radical (unpaired) electrons. The molecule has 0 rings (SSSR count). The van der Waals surface area contributed by atoms with E-state index in [1.54, 1.807) is 0 Å². The highest BCUT2D eigenvalue weighted by Gasteiger charge is 2.19. The van der Waals surface area contributed by atoms with E-state index in [0.29, 0.717) is 19.3 Å². The van der Waals surface area contributed by atoms with Gasteiger partial charge in [-0.2, -0.15) is 0 Å². The first kappa shape index (κ1) is 64.6. The quantitative estimate of drug-likeness (QED) is 0.0262. The molecule has 1 atom stereocenters. The van der Waals surface area contributed by atoms with Gasteiger partial charge in [-0.1, -0.05) is 256 Å². The van der Waals surface area contributed by atoms with Gasteiger partial charge in [-0.25, -0.2) is 0 Å². The van der Waals surface area contributed by atoms with Gasteiger partial charge in [0, 0.05) is 19.3 Å². The minimum atomic E-state index is -0.777. The van der Waals surface area contributed by atoms with Crippen LogP contribution in [0, 0.1) is 0 Å². The molecule has 67 heavy (non-hydrogen) atoms. The molecule has 392 valence electrons. The molecule has 0 aromatic heterocycles. The fourth-order valence-electron chi connectivity index (χ4n) is 8.65. The maximum absolute atomic E-state index is 12.9. The molecular weight excluding hydrogens is 829 g/mol. The molecule has 0 heterocycles. The number of esters is 3. The summed E-state index contributed by atoms with van der Waals surface area (Å²) in [6.07, 6.45) is 67.0. The molecule has 6 nitrogen and oxygen atoms in total. The molecule has 0 saturated heterocycles. The number of allylic oxidation sites excluding steroid dienone is 6. The molecule has 0 aliphatic carbocycles. The topological polar surface area (TPSA) is 78.9 Å². The van der Waals surface area contributed by atoms with E-state index in [0.717, 1.165) is 77.0 Å². The Morgan fingerprint density at radius 1 is 0.299 bits per heavy atom. The molecule has 0 aromatic carbocycles. The van der Waals surface area contributed by atoms with Gasteiger partial charge in [-0.05, 0) is 77.0 Å². The summed E-state index contributed by atoms with van der Waals surface area (Å²) in [4.78, 5) is 38.2. The molecule has 0 aliphatic heterocycles. The molecule has 0 saturated carbocycles. The Morgan fingerprint density at radius 3 is 0.866 bits per heavy atom. The summed E-state index contributed by atoms with van der Waals surface area (Å²) in [5, 5.41) is 0. The van der Waals surface area contributed by atoms with Crippen molar-refractivity contribution >= 4 is 17.9 Å². The monoisotopic (exact) mass is 941 g/mol. The first-order chi connectivity index (χ1) is 33.0. The van der Waals surface area contributed by atoms with Crippen molar-refractivity contribution in [3.63, 3.8) is 0 Å². The number of carbonyl (C=O) groups is 3. The highest BCUT2D eigenvalue weighted by atomic mass is 16.6. The molecular formula is C61H112O6. The highest BCUT2D eigenvalue weighted by molar-refractivity contribution is 5.71. The van der Waals surface area contributed by atoms with E-state index in [2.05, 4.69) is 57.2 Å². The number of unbranched alkanes of at least 4 members (excludes halogenated alkanes) is 37. The number of carbonyl (C=O) groups excluding carboxylic acids is 3. The predicted molar refractivity (Wildman–Crippen MR) is 289 cm³/mol. The normalized spacial score (nSPS) is 12.2. The van der Waals surface area contributed by atoms with Crippen LogP contribution in [0.4, 0.5) is 0 Å². The lowest BCUT2D eigenvalue weighted by molar-refractivity contribution is -0.167. The Bertz CT molecular complexity index is 1130. The molecule has 0 aliphatic rings. The van der Waals surface area contributed by atoms with Crippen LogP contribution >= 0.6 is 0 Å². The van der Waals surface area contributed by atoms with Gasteiger partial charge in [-0.15, -0.1) is 0 Å². The van der Waals surface area contributed by atoms with E-state index in [4.69, 9.17) is 14.2 Å². The summed E-state index contributed by atoms with van der Waals surface area (Å²) in [7, 11) is 0. The van der Waals surface area contributed by atoms with Crippen LogP contribution < -0.4 is 0 Å². The molecule has 0 N–H and O–H groups in total. The molecule has 0 amide bonds. The summed E-state index contributed by atoms with van der Waals surface area (Å²) in [5.41, 5.74) is 0. The number of hydrogen-bond donors (Lipinski definition) is 0. The van der Waals surface area contributed by atoms with Crippen molar-refractivity contribution in [2.45, 2.75) is 322 Å². The fourth-order valence-corrected chi connectivity index (χ4v) is 8.65. The third kappa shape index (κ3) is 54.4. The lowest BCUT2D eigenvalue weighted by atomic mass is 10.0. The van der Waals surface area contributed by atoms with Gasteiger partial charge in [0.15, 0.2) is 6.10 Å². The van der Waals surface area contributed by atoms with E-state index in [-0.39, 0.29) is 31.1 Å². The first-order valence-electron chi connectivity index (χ1n) is 29.5. The zero-order chi connectivity index (χ0) is 48.6. The van der Waals surface area contributed by atoms with E-state index < -0.39 is 6.10 Å². The molecule has 0 aromatic rings. The smallest absolute Gasteiger partial charge is 0.306 e. The number of hydrogen-bond acceptors (Lipinski definition) is 6. The molecule has 0 fully saturated rings. The Morgan fingerprint density at radius 2 is 0.537 bits per heavy atom. The maximum Gasteiger partial charge on any atom is 0.306 e. The van der Waals surface area contributed by atoms with Gasteiger partial charge in [0.25, 0.3) is 0 Å². The van der Waals surface area contributed by atoms with E-state index in [1.165, 1.54) is 199 Å². The third-order valence-electron chi connectivity index (χ3n) is 13.1. The van der Waals surface area contributed by atoms with Crippen molar-refractivity contribution in [3.05, 3.63) is 36.5 Å². The van der Waals surface area contributed by atoms with Gasteiger partial charge in [0.2, 0.25) is 0 Å². The largest absolute Gasteiger partial charge is 0.462 e. The van der Waals surface area contributed by atoms with Gasteiger partial charge < -0.3 is 14.2 Å². The summed E-state index contributed by atoms with van der Waals surface area (Å²) in [6, 6.07) is 0. The van der Waals surface area contributed by atoms with Crippen LogP contribution in [0.25, 0.3) is 0 Å². The van der Waals surface area contributed by atoms with Crippen LogP contribution in [-0.4, -0.2) is 37.2 Å². The van der Waals surface area contributed by atoms with Crippen molar-refractivity contribution in [3.8, 4) is 0 Å². The van der Waals surface area contributed by atoms with Crippen LogP contribution in [0.2, 0.25) is 0 Å². The molecule has 0 spiro atoms. The summed E-state index contributed by atoms with van der Waals surface area (Å²) >= 11 is 0. The molecule has 0 unspecified atom stereocenters. The van der Waals surface area contributed by atoms with Gasteiger partial charge >= 0.3 is 17.9 Å². The van der Waals surface area contributed by atoms with Crippen LogP contribution in [0.1, 0.15) is 316 Å².